The molecule has 178 valence electrons. The van der Waals surface area contributed by atoms with Crippen LogP contribution in [0.2, 0.25) is 0 Å². The molecule has 4 aliphatic rings. The highest BCUT2D eigenvalue weighted by molar-refractivity contribution is 7.74. The van der Waals surface area contributed by atoms with E-state index in [0.717, 1.165) is 54.8 Å². The second-order valence-electron chi connectivity index (χ2n) is 12.5. The van der Waals surface area contributed by atoms with Gasteiger partial charge in [0.15, 0.2) is 0 Å². The molecule has 2 unspecified atom stereocenters. The van der Waals surface area contributed by atoms with Gasteiger partial charge in [0, 0.05) is 0 Å². The fourth-order valence-electron chi connectivity index (χ4n) is 8.85. The Balaban J connectivity index is 1.47. The van der Waals surface area contributed by atoms with Gasteiger partial charge < -0.3 is 0 Å². The van der Waals surface area contributed by atoms with Crippen molar-refractivity contribution in [3.8, 4) is 0 Å². The fraction of sp³-hybridized carbons (Fsp3) is 0.926. The zero-order chi connectivity index (χ0) is 22.4. The van der Waals surface area contributed by atoms with Crippen LogP contribution in [0, 0.1) is 46.3 Å². The van der Waals surface area contributed by atoms with Crippen LogP contribution in [-0.4, -0.2) is 14.9 Å². The van der Waals surface area contributed by atoms with Crippen LogP contribution in [0.15, 0.2) is 11.6 Å². The standard InChI is InChI=1S/C27H46O3S/c1-18(2)7-6-8-19(3)23-11-12-24-22-10-9-20-17-21(30-31(28)29)13-15-26(20,4)25(22)14-16-27(23,24)5/h9,18-19,21-25H,6-8,10-17H2,1-5H3,(H,28,29)/t19-,21?,22+,23-,24+,25+,26+,27-/m1/s1. The second kappa shape index (κ2) is 9.22. The maximum absolute atomic E-state index is 11.1. The van der Waals surface area contributed by atoms with Gasteiger partial charge in [-0.15, -0.1) is 0 Å². The molecular formula is C27H46O3S. The highest BCUT2D eigenvalue weighted by Crippen LogP contribution is 2.67. The minimum Gasteiger partial charge on any atom is -0.284 e. The van der Waals surface area contributed by atoms with Crippen LogP contribution in [-0.2, 0) is 15.5 Å². The van der Waals surface area contributed by atoms with Crippen LogP contribution in [0.1, 0.15) is 105 Å². The van der Waals surface area contributed by atoms with E-state index in [1.807, 2.05) is 0 Å². The van der Waals surface area contributed by atoms with Gasteiger partial charge >= 0.3 is 11.4 Å². The van der Waals surface area contributed by atoms with Crippen molar-refractivity contribution in [2.24, 2.45) is 46.3 Å². The van der Waals surface area contributed by atoms with Crippen LogP contribution in [0.25, 0.3) is 0 Å². The van der Waals surface area contributed by atoms with E-state index in [1.165, 1.54) is 56.9 Å². The zero-order valence-corrected chi connectivity index (χ0v) is 21.4. The maximum atomic E-state index is 11.1. The summed E-state index contributed by atoms with van der Waals surface area (Å²) in [4.78, 5) is 0. The molecule has 4 aliphatic carbocycles. The Kier molecular flexibility index (Phi) is 7.12. The number of allylic oxidation sites excluding steroid dienone is 1. The van der Waals surface area contributed by atoms with E-state index in [-0.39, 0.29) is 11.5 Å². The monoisotopic (exact) mass is 450 g/mol. The zero-order valence-electron chi connectivity index (χ0n) is 20.6. The smallest absolute Gasteiger partial charge is 0.284 e. The minimum atomic E-state index is -2.15. The highest BCUT2D eigenvalue weighted by atomic mass is 32.2. The molecule has 0 aromatic rings. The largest absolute Gasteiger partial charge is 0.302 e. The normalized spacial score (nSPS) is 44.2. The predicted octanol–water partition coefficient (Wildman–Crippen LogP) is 7.55. The maximum Gasteiger partial charge on any atom is 0.302 e. The highest BCUT2D eigenvalue weighted by Gasteiger charge is 2.59. The first kappa shape index (κ1) is 24.0. The Bertz CT molecular complexity index is 703. The molecule has 3 nitrogen and oxygen atoms in total. The van der Waals surface area contributed by atoms with E-state index in [9.17, 15) is 4.21 Å². The summed E-state index contributed by atoms with van der Waals surface area (Å²) in [5.41, 5.74) is 2.34. The summed E-state index contributed by atoms with van der Waals surface area (Å²) in [6, 6.07) is 0. The van der Waals surface area contributed by atoms with Gasteiger partial charge in [-0.2, -0.15) is 4.21 Å². The van der Waals surface area contributed by atoms with Crippen molar-refractivity contribution in [3.05, 3.63) is 11.6 Å². The summed E-state index contributed by atoms with van der Waals surface area (Å²) in [5.74, 6) is 5.12. The third-order valence-electron chi connectivity index (χ3n) is 10.5. The SMILES string of the molecule is CC(C)CCC[C@@H](C)[C@H]1CC[C@H]2[C@@H]3CC=C4CC(OS(=O)O)CC[C@]4(C)[C@H]3CC[C@]12C. The number of fused-ring (bicyclic) bond motifs is 5. The van der Waals surface area contributed by atoms with Gasteiger partial charge in [-0.3, -0.25) is 8.74 Å². The molecule has 0 aromatic carbocycles. The van der Waals surface area contributed by atoms with Crippen LogP contribution in [0.5, 0.6) is 0 Å². The lowest BCUT2D eigenvalue weighted by Crippen LogP contribution is -2.51. The van der Waals surface area contributed by atoms with Crippen molar-refractivity contribution in [2.45, 2.75) is 111 Å². The van der Waals surface area contributed by atoms with Crippen LogP contribution in [0.3, 0.4) is 0 Å². The molecule has 9 atom stereocenters. The van der Waals surface area contributed by atoms with Gasteiger partial charge in [-0.05, 0) is 97.7 Å². The minimum absolute atomic E-state index is 0.0851. The summed E-state index contributed by atoms with van der Waals surface area (Å²) in [6.45, 7) is 12.4. The second-order valence-corrected chi connectivity index (χ2v) is 13.1. The van der Waals surface area contributed by atoms with Crippen molar-refractivity contribution in [1.29, 1.82) is 0 Å². The molecule has 0 radical (unpaired) electrons. The molecule has 0 aromatic heterocycles. The number of rotatable bonds is 7. The van der Waals surface area contributed by atoms with E-state index < -0.39 is 11.4 Å². The Morgan fingerprint density at radius 2 is 1.87 bits per heavy atom. The molecule has 0 saturated heterocycles. The van der Waals surface area contributed by atoms with Gasteiger partial charge in [-0.25, -0.2) is 0 Å². The summed E-state index contributed by atoms with van der Waals surface area (Å²) in [6.07, 6.45) is 16.4. The fourth-order valence-corrected chi connectivity index (χ4v) is 9.25. The number of hydrogen-bond donors (Lipinski definition) is 1. The summed E-state index contributed by atoms with van der Waals surface area (Å²) < 4.78 is 25.6. The van der Waals surface area contributed by atoms with Gasteiger partial charge in [0.1, 0.15) is 0 Å². The average molecular weight is 451 g/mol. The lowest BCUT2D eigenvalue weighted by molar-refractivity contribution is -0.0557. The predicted molar refractivity (Wildman–Crippen MR) is 129 cm³/mol. The third kappa shape index (κ3) is 4.47. The van der Waals surface area contributed by atoms with Crippen molar-refractivity contribution in [2.75, 3.05) is 0 Å². The van der Waals surface area contributed by atoms with Gasteiger partial charge in [0.25, 0.3) is 0 Å². The molecule has 3 fully saturated rings. The van der Waals surface area contributed by atoms with E-state index in [4.69, 9.17) is 8.74 Å². The van der Waals surface area contributed by atoms with E-state index >= 15 is 0 Å². The Morgan fingerprint density at radius 1 is 1.10 bits per heavy atom. The molecule has 4 heteroatoms. The van der Waals surface area contributed by atoms with Crippen LogP contribution in [0.4, 0.5) is 0 Å². The summed E-state index contributed by atoms with van der Waals surface area (Å²) in [7, 11) is 0. The van der Waals surface area contributed by atoms with Gasteiger partial charge in [0.05, 0.1) is 6.10 Å². The molecular weight excluding hydrogens is 404 g/mol. The molecule has 0 spiro atoms. The van der Waals surface area contributed by atoms with E-state index in [2.05, 4.69) is 40.7 Å². The average Bonchev–Trinajstić information content (AvgIpc) is 3.05. The van der Waals surface area contributed by atoms with Crippen molar-refractivity contribution in [3.63, 3.8) is 0 Å². The first-order chi connectivity index (χ1) is 14.6. The first-order valence-corrected chi connectivity index (χ1v) is 14.2. The lowest BCUT2D eigenvalue weighted by Gasteiger charge is -2.58. The van der Waals surface area contributed by atoms with Gasteiger partial charge in [-0.1, -0.05) is 65.5 Å². The van der Waals surface area contributed by atoms with E-state index in [1.54, 1.807) is 0 Å². The quantitative estimate of drug-likeness (QED) is 0.322. The van der Waals surface area contributed by atoms with Crippen molar-refractivity contribution >= 4 is 11.4 Å². The third-order valence-corrected chi connectivity index (χ3v) is 10.9. The van der Waals surface area contributed by atoms with Crippen LogP contribution >= 0.6 is 0 Å². The van der Waals surface area contributed by atoms with E-state index in [0.29, 0.717) is 5.41 Å². The molecule has 4 rings (SSSR count). The first-order valence-electron chi connectivity index (χ1n) is 13.1. The Morgan fingerprint density at radius 3 is 2.58 bits per heavy atom. The topological polar surface area (TPSA) is 46.5 Å². The molecule has 31 heavy (non-hydrogen) atoms. The van der Waals surface area contributed by atoms with Crippen LogP contribution < -0.4 is 0 Å². The molecule has 0 heterocycles. The summed E-state index contributed by atoms with van der Waals surface area (Å²) >= 11 is -2.15. The molecule has 0 amide bonds. The van der Waals surface area contributed by atoms with Crippen molar-refractivity contribution in [1.82, 2.24) is 0 Å². The number of hydrogen-bond acceptors (Lipinski definition) is 2. The molecule has 1 N–H and O–H groups in total. The molecule has 0 bridgehead atoms. The Hall–Kier alpha value is -0.190. The van der Waals surface area contributed by atoms with Crippen molar-refractivity contribution < 1.29 is 12.9 Å². The lowest BCUT2D eigenvalue weighted by atomic mass is 9.47. The molecule has 0 aliphatic heterocycles. The Labute approximate surface area is 193 Å². The molecule has 3 saturated carbocycles. The van der Waals surface area contributed by atoms with Gasteiger partial charge in [0.2, 0.25) is 0 Å². The summed E-state index contributed by atoms with van der Waals surface area (Å²) in [5, 5.41) is 0.